The fraction of sp³-hybridized carbons (Fsp3) is 0.900. The van der Waals surface area contributed by atoms with Gasteiger partial charge in [-0.2, -0.15) is 11.8 Å². The van der Waals surface area contributed by atoms with Crippen LogP contribution in [0.25, 0.3) is 0 Å². The summed E-state index contributed by atoms with van der Waals surface area (Å²) in [5.74, 6) is 0. The molecule has 0 radical (unpaired) electrons. The molecule has 0 spiro atoms. The Hall–Kier alpha value is -0.380. The predicted molar refractivity (Wildman–Crippen MR) is 59.7 cm³/mol. The number of rotatable bonds is 2. The molecular weight excluding hydrogens is 198 g/mol. The van der Waals surface area contributed by atoms with Gasteiger partial charge in [-0.25, -0.2) is 4.79 Å². The molecule has 14 heavy (non-hydrogen) atoms. The Bertz CT molecular complexity index is 189. The number of hydrogen-bond acceptors (Lipinski definition) is 3. The van der Waals surface area contributed by atoms with Gasteiger partial charge in [-0.15, -0.1) is 0 Å². The SMILES string of the molecule is CSC1CCN(C(=O)OC(C)C)CC1. The van der Waals surface area contributed by atoms with Gasteiger partial charge in [-0.05, 0) is 32.9 Å². The van der Waals surface area contributed by atoms with Crippen molar-refractivity contribution in [3.63, 3.8) is 0 Å². The lowest BCUT2D eigenvalue weighted by molar-refractivity contribution is 0.0717. The molecule has 0 saturated carbocycles. The molecule has 0 N–H and O–H groups in total. The summed E-state index contributed by atoms with van der Waals surface area (Å²) in [5.41, 5.74) is 0. The molecule has 1 heterocycles. The van der Waals surface area contributed by atoms with Crippen molar-refractivity contribution in [1.82, 2.24) is 4.90 Å². The lowest BCUT2D eigenvalue weighted by Crippen LogP contribution is -2.40. The fourth-order valence-electron chi connectivity index (χ4n) is 1.55. The van der Waals surface area contributed by atoms with Crippen LogP contribution in [0.2, 0.25) is 0 Å². The van der Waals surface area contributed by atoms with Gasteiger partial charge in [0.15, 0.2) is 0 Å². The highest BCUT2D eigenvalue weighted by Gasteiger charge is 2.23. The zero-order chi connectivity index (χ0) is 10.6. The van der Waals surface area contributed by atoms with Gasteiger partial charge >= 0.3 is 6.09 Å². The molecule has 4 heteroatoms. The van der Waals surface area contributed by atoms with Gasteiger partial charge < -0.3 is 9.64 Å². The Kier molecular flexibility index (Phi) is 4.58. The Morgan fingerprint density at radius 2 is 2.00 bits per heavy atom. The van der Waals surface area contributed by atoms with Gasteiger partial charge in [0.25, 0.3) is 0 Å². The number of thioether (sulfide) groups is 1. The van der Waals surface area contributed by atoms with Crippen LogP contribution in [0.3, 0.4) is 0 Å². The Morgan fingerprint density at radius 1 is 1.43 bits per heavy atom. The molecule has 0 unspecified atom stereocenters. The molecule has 1 amide bonds. The van der Waals surface area contributed by atoms with E-state index in [0.717, 1.165) is 31.2 Å². The highest BCUT2D eigenvalue weighted by Crippen LogP contribution is 2.21. The summed E-state index contributed by atoms with van der Waals surface area (Å²) < 4.78 is 5.14. The first-order valence-electron chi connectivity index (χ1n) is 5.12. The van der Waals surface area contributed by atoms with Crippen LogP contribution in [0.5, 0.6) is 0 Å². The summed E-state index contributed by atoms with van der Waals surface area (Å²) in [6.07, 6.45) is 4.15. The first kappa shape index (κ1) is 11.7. The molecular formula is C10H19NO2S. The van der Waals surface area contributed by atoms with E-state index in [0.29, 0.717) is 0 Å². The third kappa shape index (κ3) is 3.40. The van der Waals surface area contributed by atoms with Crippen molar-refractivity contribution in [2.75, 3.05) is 19.3 Å². The largest absolute Gasteiger partial charge is 0.447 e. The van der Waals surface area contributed by atoms with Gasteiger partial charge in [0.1, 0.15) is 0 Å². The number of likely N-dealkylation sites (tertiary alicyclic amines) is 1. The van der Waals surface area contributed by atoms with E-state index in [1.54, 1.807) is 0 Å². The van der Waals surface area contributed by atoms with Crippen LogP contribution < -0.4 is 0 Å². The maximum absolute atomic E-state index is 11.5. The van der Waals surface area contributed by atoms with Crippen LogP contribution in [-0.4, -0.2) is 41.7 Å². The van der Waals surface area contributed by atoms with E-state index in [-0.39, 0.29) is 12.2 Å². The quantitative estimate of drug-likeness (QED) is 0.711. The van der Waals surface area contributed by atoms with Crippen molar-refractivity contribution in [2.24, 2.45) is 0 Å². The maximum Gasteiger partial charge on any atom is 0.410 e. The summed E-state index contributed by atoms with van der Waals surface area (Å²) in [6.45, 7) is 5.45. The van der Waals surface area contributed by atoms with Crippen molar-refractivity contribution in [1.29, 1.82) is 0 Å². The number of hydrogen-bond donors (Lipinski definition) is 0. The topological polar surface area (TPSA) is 29.5 Å². The third-order valence-electron chi connectivity index (χ3n) is 2.37. The number of piperidine rings is 1. The van der Waals surface area contributed by atoms with Crippen molar-refractivity contribution >= 4 is 17.9 Å². The molecule has 1 aliphatic rings. The molecule has 1 fully saturated rings. The number of nitrogens with zero attached hydrogens (tertiary/aromatic N) is 1. The van der Waals surface area contributed by atoms with Gasteiger partial charge in [-0.1, -0.05) is 0 Å². The standard InChI is InChI=1S/C10H19NO2S/c1-8(2)13-10(12)11-6-4-9(14-3)5-7-11/h8-9H,4-7H2,1-3H3. The van der Waals surface area contributed by atoms with Crippen LogP contribution in [-0.2, 0) is 4.74 Å². The normalized spacial score (nSPS) is 18.7. The molecule has 1 rings (SSSR count). The molecule has 1 saturated heterocycles. The minimum atomic E-state index is -0.153. The molecule has 82 valence electrons. The molecule has 1 aliphatic heterocycles. The number of carbonyl (C=O) groups excluding carboxylic acids is 1. The van der Waals surface area contributed by atoms with E-state index < -0.39 is 0 Å². The summed E-state index contributed by atoms with van der Waals surface area (Å²) >= 11 is 1.89. The summed E-state index contributed by atoms with van der Waals surface area (Å²) in [5, 5.41) is 0.720. The Labute approximate surface area is 90.2 Å². The van der Waals surface area contributed by atoms with E-state index in [4.69, 9.17) is 4.74 Å². The highest BCUT2D eigenvalue weighted by atomic mass is 32.2. The first-order chi connectivity index (χ1) is 6.63. The van der Waals surface area contributed by atoms with E-state index in [1.807, 2.05) is 30.5 Å². The van der Waals surface area contributed by atoms with E-state index >= 15 is 0 Å². The molecule has 0 aromatic heterocycles. The van der Waals surface area contributed by atoms with Gasteiger partial charge in [0, 0.05) is 18.3 Å². The van der Waals surface area contributed by atoms with Gasteiger partial charge in [0.2, 0.25) is 0 Å². The number of amides is 1. The molecule has 0 aliphatic carbocycles. The maximum atomic E-state index is 11.5. The van der Waals surface area contributed by atoms with E-state index in [1.165, 1.54) is 0 Å². The van der Waals surface area contributed by atoms with Crippen LogP contribution in [0, 0.1) is 0 Å². The minimum Gasteiger partial charge on any atom is -0.447 e. The smallest absolute Gasteiger partial charge is 0.410 e. The third-order valence-corrected chi connectivity index (χ3v) is 3.51. The zero-order valence-electron chi connectivity index (χ0n) is 9.16. The molecule has 3 nitrogen and oxygen atoms in total. The average Bonchev–Trinajstić information content (AvgIpc) is 2.17. The van der Waals surface area contributed by atoms with Crippen molar-refractivity contribution in [2.45, 2.75) is 38.0 Å². The monoisotopic (exact) mass is 217 g/mol. The van der Waals surface area contributed by atoms with Crippen molar-refractivity contribution in [3.05, 3.63) is 0 Å². The predicted octanol–water partition coefficient (Wildman–Crippen LogP) is 2.36. The van der Waals surface area contributed by atoms with E-state index in [2.05, 4.69) is 6.26 Å². The summed E-state index contributed by atoms with van der Waals surface area (Å²) in [4.78, 5) is 13.3. The van der Waals surface area contributed by atoms with Gasteiger partial charge in [0.05, 0.1) is 6.10 Å². The molecule has 0 atom stereocenters. The average molecular weight is 217 g/mol. The number of ether oxygens (including phenoxy) is 1. The van der Waals surface area contributed by atoms with Crippen molar-refractivity contribution in [3.8, 4) is 0 Å². The second-order valence-electron chi connectivity index (χ2n) is 3.85. The van der Waals surface area contributed by atoms with Crippen molar-refractivity contribution < 1.29 is 9.53 Å². The lowest BCUT2D eigenvalue weighted by Gasteiger charge is -2.30. The van der Waals surface area contributed by atoms with Crippen LogP contribution in [0.1, 0.15) is 26.7 Å². The lowest BCUT2D eigenvalue weighted by atomic mass is 10.1. The number of carbonyl (C=O) groups is 1. The second kappa shape index (κ2) is 5.49. The fourth-order valence-corrected chi connectivity index (χ4v) is 2.23. The minimum absolute atomic E-state index is 0.0132. The van der Waals surface area contributed by atoms with Crippen LogP contribution in [0.4, 0.5) is 4.79 Å². The summed E-state index contributed by atoms with van der Waals surface area (Å²) in [6, 6.07) is 0. The summed E-state index contributed by atoms with van der Waals surface area (Å²) in [7, 11) is 0. The zero-order valence-corrected chi connectivity index (χ0v) is 9.97. The Morgan fingerprint density at radius 3 is 2.43 bits per heavy atom. The molecule has 0 bridgehead atoms. The second-order valence-corrected chi connectivity index (χ2v) is 4.99. The Balaban J connectivity index is 2.30. The van der Waals surface area contributed by atoms with Gasteiger partial charge in [-0.3, -0.25) is 0 Å². The molecule has 0 aromatic rings. The van der Waals surface area contributed by atoms with E-state index in [9.17, 15) is 4.79 Å². The van der Waals surface area contributed by atoms with Crippen LogP contribution in [0.15, 0.2) is 0 Å². The van der Waals surface area contributed by atoms with Crippen LogP contribution >= 0.6 is 11.8 Å². The first-order valence-corrected chi connectivity index (χ1v) is 6.40. The highest BCUT2D eigenvalue weighted by molar-refractivity contribution is 7.99. The molecule has 0 aromatic carbocycles.